The Balaban J connectivity index is 1.81. The summed E-state index contributed by atoms with van der Waals surface area (Å²) in [5, 5.41) is 20.1. The van der Waals surface area contributed by atoms with Crippen LogP contribution in [0.3, 0.4) is 0 Å². The van der Waals surface area contributed by atoms with Crippen LogP contribution in [0.15, 0.2) is 12.7 Å². The van der Waals surface area contributed by atoms with Crippen molar-refractivity contribution in [2.75, 3.05) is 18.9 Å². The number of ether oxygens (including phenoxy) is 1. The van der Waals surface area contributed by atoms with Gasteiger partial charge in [-0.1, -0.05) is 13.3 Å². The van der Waals surface area contributed by atoms with Gasteiger partial charge in [0.1, 0.15) is 30.2 Å². The summed E-state index contributed by atoms with van der Waals surface area (Å²) < 4.78 is 28.7. The molecule has 13 heteroatoms. The maximum Gasteiger partial charge on any atom is 0.268 e. The highest BCUT2D eigenvalue weighted by Gasteiger charge is 2.47. The van der Waals surface area contributed by atoms with Gasteiger partial charge in [0.2, 0.25) is 0 Å². The molecule has 27 heavy (non-hydrogen) atoms. The monoisotopic (exact) mass is 402 g/mol. The highest BCUT2D eigenvalue weighted by atomic mass is 31.2. The molecule has 150 valence electrons. The number of hydrogen-bond donors (Lipinski definition) is 3. The molecule has 4 N–H and O–H groups in total. The van der Waals surface area contributed by atoms with Crippen LogP contribution in [-0.4, -0.2) is 61.3 Å². The first-order chi connectivity index (χ1) is 12.9. The van der Waals surface area contributed by atoms with Crippen LogP contribution in [0.5, 0.6) is 0 Å². The third-order valence-corrected chi connectivity index (χ3v) is 5.15. The summed E-state index contributed by atoms with van der Waals surface area (Å²) in [6.07, 6.45) is -1.16. The van der Waals surface area contributed by atoms with Crippen LogP contribution in [0.4, 0.5) is 5.82 Å². The van der Waals surface area contributed by atoms with Crippen molar-refractivity contribution in [3.8, 4) is 0 Å². The molecular weight excluding hydrogens is 381 g/mol. The Labute approximate surface area is 154 Å². The van der Waals surface area contributed by atoms with Crippen molar-refractivity contribution in [3.63, 3.8) is 0 Å². The van der Waals surface area contributed by atoms with Crippen LogP contribution in [0, 0.1) is 0 Å². The minimum absolute atomic E-state index is 0.0312. The second-order valence-electron chi connectivity index (χ2n) is 6.03. The van der Waals surface area contributed by atoms with Gasteiger partial charge in [0.15, 0.2) is 17.7 Å². The number of rotatable bonds is 8. The van der Waals surface area contributed by atoms with E-state index >= 15 is 0 Å². The number of phosphoric ester groups is 1. The largest absolute Gasteiger partial charge is 0.756 e. The molecule has 3 rings (SSSR count). The van der Waals surface area contributed by atoms with Crippen molar-refractivity contribution in [3.05, 3.63) is 12.7 Å². The van der Waals surface area contributed by atoms with Crippen LogP contribution in [0.1, 0.15) is 26.0 Å². The first-order valence-corrected chi connectivity index (χ1v) is 9.85. The minimum Gasteiger partial charge on any atom is -0.756 e. The highest BCUT2D eigenvalue weighted by molar-refractivity contribution is 7.45. The van der Waals surface area contributed by atoms with Crippen LogP contribution >= 0.6 is 7.82 Å². The molecule has 0 bridgehead atoms. The standard InChI is InChI=1S/C14H22N5O7P/c1-2-3-4-24-27(22,23)26-11-8(5-20)25-14(10(11)21)19-7-18-9-12(15)16-6-17-13(9)19/h6-8,10-11,14,20-21H,2-5H2,1H3,(H,22,23)(H2,15,16,17)/p-1/t8-,10-,11-,14-/m1/s1. The van der Waals surface area contributed by atoms with Crippen LogP contribution in [0.25, 0.3) is 11.2 Å². The SMILES string of the molecule is CCCCOP(=O)([O-])O[C@H]1[C@@H](O)[C@H](n2cnc3c(N)ncnc32)O[C@@H]1CO. The Morgan fingerprint density at radius 2 is 2.22 bits per heavy atom. The van der Waals surface area contributed by atoms with E-state index in [1.54, 1.807) is 0 Å². The fourth-order valence-corrected chi connectivity index (χ4v) is 3.76. The Bertz CT molecular complexity index is 833. The Hall–Kier alpha value is -1.66. The van der Waals surface area contributed by atoms with Gasteiger partial charge in [-0.15, -0.1) is 0 Å². The van der Waals surface area contributed by atoms with E-state index in [4.69, 9.17) is 19.5 Å². The number of unbranched alkanes of at least 4 members (excludes halogenated alkanes) is 1. The second kappa shape index (κ2) is 8.15. The van der Waals surface area contributed by atoms with E-state index < -0.39 is 39.0 Å². The Morgan fingerprint density at radius 3 is 2.93 bits per heavy atom. The van der Waals surface area contributed by atoms with Crippen molar-refractivity contribution < 1.29 is 33.5 Å². The average molecular weight is 402 g/mol. The number of phosphoric acid groups is 1. The molecule has 0 spiro atoms. The summed E-state index contributed by atoms with van der Waals surface area (Å²) in [5.74, 6) is 0.145. The van der Waals surface area contributed by atoms with Gasteiger partial charge in [-0.25, -0.2) is 15.0 Å². The lowest BCUT2D eigenvalue weighted by atomic mass is 10.1. The number of hydrogen-bond acceptors (Lipinski definition) is 11. The van der Waals surface area contributed by atoms with E-state index in [-0.39, 0.29) is 18.1 Å². The molecule has 3 heterocycles. The molecule has 0 aliphatic carbocycles. The number of imidazole rings is 1. The van der Waals surface area contributed by atoms with E-state index in [2.05, 4.69) is 15.0 Å². The number of aliphatic hydroxyl groups excluding tert-OH is 2. The van der Waals surface area contributed by atoms with Crippen LogP contribution < -0.4 is 10.6 Å². The first kappa shape index (κ1) is 20.1. The van der Waals surface area contributed by atoms with E-state index in [9.17, 15) is 19.7 Å². The second-order valence-corrected chi connectivity index (χ2v) is 7.39. The smallest absolute Gasteiger partial charge is 0.268 e. The number of anilines is 1. The molecule has 0 aromatic carbocycles. The molecule has 1 unspecified atom stereocenters. The number of aromatic nitrogens is 4. The van der Waals surface area contributed by atoms with E-state index in [0.29, 0.717) is 11.9 Å². The predicted molar refractivity (Wildman–Crippen MR) is 90.1 cm³/mol. The quantitative estimate of drug-likeness (QED) is 0.377. The predicted octanol–water partition coefficient (Wildman–Crippen LogP) is -0.671. The normalized spacial score (nSPS) is 27.9. The molecule has 0 radical (unpaired) electrons. The summed E-state index contributed by atoms with van der Waals surface area (Å²) in [7, 11) is -4.69. The number of aliphatic hydroxyl groups is 2. The van der Waals surface area contributed by atoms with Gasteiger partial charge < -0.3 is 34.6 Å². The Morgan fingerprint density at radius 1 is 1.44 bits per heavy atom. The molecule has 0 saturated carbocycles. The zero-order valence-corrected chi connectivity index (χ0v) is 15.4. The zero-order chi connectivity index (χ0) is 19.6. The van der Waals surface area contributed by atoms with Crippen molar-refractivity contribution in [1.82, 2.24) is 19.5 Å². The van der Waals surface area contributed by atoms with Gasteiger partial charge in [-0.2, -0.15) is 0 Å². The lowest BCUT2D eigenvalue weighted by Gasteiger charge is -2.29. The van der Waals surface area contributed by atoms with Gasteiger partial charge in [0.25, 0.3) is 7.82 Å². The summed E-state index contributed by atoms with van der Waals surface area (Å²) in [5.41, 5.74) is 6.32. The number of fused-ring (bicyclic) bond motifs is 1. The third-order valence-electron chi connectivity index (χ3n) is 4.15. The van der Waals surface area contributed by atoms with Crippen molar-refractivity contribution in [2.45, 2.75) is 44.3 Å². The summed E-state index contributed by atoms with van der Waals surface area (Å²) in [4.78, 5) is 24.0. The van der Waals surface area contributed by atoms with E-state index in [1.807, 2.05) is 6.92 Å². The maximum absolute atomic E-state index is 12.0. The highest BCUT2D eigenvalue weighted by Crippen LogP contribution is 2.45. The first-order valence-electron chi connectivity index (χ1n) is 8.39. The Kier molecular flexibility index (Phi) is 6.06. The number of nitrogens with two attached hydrogens (primary N) is 1. The molecule has 5 atom stereocenters. The maximum atomic E-state index is 12.0. The van der Waals surface area contributed by atoms with Crippen molar-refractivity contribution in [2.24, 2.45) is 0 Å². The molecule has 1 aliphatic rings. The lowest BCUT2D eigenvalue weighted by molar-refractivity contribution is -0.233. The van der Waals surface area contributed by atoms with Crippen molar-refractivity contribution >= 4 is 24.8 Å². The molecule has 1 aliphatic heterocycles. The van der Waals surface area contributed by atoms with E-state index in [1.165, 1.54) is 17.2 Å². The average Bonchev–Trinajstić information content (AvgIpc) is 3.18. The third kappa shape index (κ3) is 4.11. The van der Waals surface area contributed by atoms with Crippen LogP contribution in [0.2, 0.25) is 0 Å². The molecule has 2 aromatic rings. The molecular formula is C14H21N5O7P-. The number of nitrogen functional groups attached to an aromatic ring is 1. The van der Waals surface area contributed by atoms with Gasteiger partial charge in [-0.3, -0.25) is 9.13 Å². The number of nitrogens with zero attached hydrogens (tertiary/aromatic N) is 4. The molecule has 12 nitrogen and oxygen atoms in total. The van der Waals surface area contributed by atoms with Gasteiger partial charge in [-0.05, 0) is 6.42 Å². The summed E-state index contributed by atoms with van der Waals surface area (Å²) in [6.45, 7) is 1.28. The van der Waals surface area contributed by atoms with Crippen molar-refractivity contribution in [1.29, 1.82) is 0 Å². The van der Waals surface area contributed by atoms with Crippen LogP contribution in [-0.2, 0) is 18.3 Å². The van der Waals surface area contributed by atoms with Gasteiger partial charge in [0, 0.05) is 0 Å². The van der Waals surface area contributed by atoms with Gasteiger partial charge in [0.05, 0.1) is 19.5 Å². The fraction of sp³-hybridized carbons (Fsp3) is 0.643. The molecule has 0 amide bonds. The van der Waals surface area contributed by atoms with E-state index in [0.717, 1.165) is 6.42 Å². The summed E-state index contributed by atoms with van der Waals surface area (Å²) >= 11 is 0. The molecule has 1 saturated heterocycles. The van der Waals surface area contributed by atoms with Gasteiger partial charge >= 0.3 is 0 Å². The zero-order valence-electron chi connectivity index (χ0n) is 14.5. The topological polar surface area (TPSA) is 178 Å². The molecule has 2 aromatic heterocycles. The summed E-state index contributed by atoms with van der Waals surface area (Å²) in [6, 6.07) is 0. The minimum atomic E-state index is -4.69. The lowest BCUT2D eigenvalue weighted by Crippen LogP contribution is -2.36. The fourth-order valence-electron chi connectivity index (χ4n) is 2.78. The molecule has 1 fully saturated rings.